The van der Waals surface area contributed by atoms with Crippen molar-refractivity contribution in [3.63, 3.8) is 0 Å². The van der Waals surface area contributed by atoms with Gasteiger partial charge in [0.1, 0.15) is 5.65 Å². The first-order valence-electron chi connectivity index (χ1n) is 13.2. The van der Waals surface area contributed by atoms with E-state index in [0.717, 1.165) is 44.1 Å². The lowest BCUT2D eigenvalue weighted by atomic mass is 9.74. The van der Waals surface area contributed by atoms with E-state index >= 15 is 0 Å². The van der Waals surface area contributed by atoms with Crippen LogP contribution in [0, 0.1) is 5.41 Å². The fraction of sp³-hybridized carbons (Fsp3) is 0.333. The third-order valence-electron chi connectivity index (χ3n) is 8.05. The first-order chi connectivity index (χ1) is 19.8. The van der Waals surface area contributed by atoms with Gasteiger partial charge < -0.3 is 26.8 Å². The van der Waals surface area contributed by atoms with Gasteiger partial charge in [0.25, 0.3) is 11.5 Å². The summed E-state index contributed by atoms with van der Waals surface area (Å²) in [4.78, 5) is 36.9. The van der Waals surface area contributed by atoms with Crippen LogP contribution in [-0.2, 0) is 0 Å². The minimum Gasteiger partial charge on any atom is -0.493 e. The zero-order chi connectivity index (χ0) is 28.7. The Morgan fingerprint density at radius 2 is 1.93 bits per heavy atom. The molecule has 4 aromatic rings. The molecular formula is C27H28ClN9O3S. The summed E-state index contributed by atoms with van der Waals surface area (Å²) in [6.07, 6.45) is 6.92. The van der Waals surface area contributed by atoms with Crippen molar-refractivity contribution in [2.75, 3.05) is 29.0 Å². The number of halogens is 1. The van der Waals surface area contributed by atoms with E-state index in [4.69, 9.17) is 23.1 Å². The van der Waals surface area contributed by atoms with Crippen LogP contribution in [0.4, 0.5) is 17.5 Å². The smallest absolute Gasteiger partial charge is 0.274 e. The third kappa shape index (κ3) is 5.04. The number of carbonyl (C=O) groups is 1. The van der Waals surface area contributed by atoms with Gasteiger partial charge in [-0.25, -0.2) is 0 Å². The molecule has 1 aromatic carbocycles. The Balaban J connectivity index is 1.18. The number of nitrogens with two attached hydrogens (primary N) is 2. The molecule has 6 N–H and O–H groups in total. The molecule has 0 radical (unpaired) electrons. The standard InChI is InChI=1S/C27H28ClN9O3S/c28-20-15(31-22(38)19-23(39)32-18-8-1-2-12-37(18)25(19)40)5-3-6-16(20)41-24-21(30)33-26(35-34-24)36-13-10-27(11-14-36)9-4-7-17(27)29/h1-3,5-6,8,12,17,39H,4,7,9-11,13-14,29H2,(H,31,38)(H2,30,33,35)/t17-/m1/s1. The van der Waals surface area contributed by atoms with E-state index in [2.05, 4.69) is 30.4 Å². The fourth-order valence-corrected chi connectivity index (χ4v) is 6.79. The van der Waals surface area contributed by atoms with Gasteiger partial charge in [-0.1, -0.05) is 41.9 Å². The molecule has 1 saturated carbocycles. The maximum Gasteiger partial charge on any atom is 0.274 e. The molecule has 2 aliphatic rings. The number of hydrogen-bond acceptors (Lipinski definition) is 11. The molecule has 1 spiro atoms. The number of benzene rings is 1. The molecule has 1 aliphatic heterocycles. The molecule has 0 unspecified atom stereocenters. The van der Waals surface area contributed by atoms with Crippen LogP contribution in [0.3, 0.4) is 0 Å². The number of nitrogens with zero attached hydrogens (tertiary/aromatic N) is 6. The first-order valence-corrected chi connectivity index (χ1v) is 14.4. The number of aromatic nitrogens is 5. The Morgan fingerprint density at radius 3 is 2.66 bits per heavy atom. The minimum absolute atomic E-state index is 0.193. The number of fused-ring (bicyclic) bond motifs is 1. The average Bonchev–Trinajstić information content (AvgIpc) is 3.31. The lowest BCUT2D eigenvalue weighted by Crippen LogP contribution is -2.47. The maximum absolute atomic E-state index is 13.0. The topological polar surface area (TPSA) is 178 Å². The number of aromatic hydroxyl groups is 1. The molecular weight excluding hydrogens is 566 g/mol. The summed E-state index contributed by atoms with van der Waals surface area (Å²) in [6, 6.07) is 10.1. The molecule has 6 rings (SSSR count). The number of anilines is 3. The molecule has 14 heteroatoms. The Morgan fingerprint density at radius 1 is 1.12 bits per heavy atom. The van der Waals surface area contributed by atoms with E-state index in [1.54, 1.807) is 36.4 Å². The summed E-state index contributed by atoms with van der Waals surface area (Å²) < 4.78 is 1.17. The van der Waals surface area contributed by atoms with Crippen molar-refractivity contribution >= 4 is 52.4 Å². The lowest BCUT2D eigenvalue weighted by Gasteiger charge is -2.42. The van der Waals surface area contributed by atoms with E-state index in [1.807, 2.05) is 0 Å². The molecule has 1 atom stereocenters. The molecule has 41 heavy (non-hydrogen) atoms. The van der Waals surface area contributed by atoms with Crippen molar-refractivity contribution in [1.82, 2.24) is 24.6 Å². The van der Waals surface area contributed by atoms with Crippen molar-refractivity contribution < 1.29 is 9.90 Å². The van der Waals surface area contributed by atoms with E-state index in [-0.39, 0.29) is 33.6 Å². The van der Waals surface area contributed by atoms with Gasteiger partial charge in [0.2, 0.25) is 11.8 Å². The third-order valence-corrected chi connectivity index (χ3v) is 9.61. The van der Waals surface area contributed by atoms with Crippen LogP contribution in [-0.4, -0.2) is 54.7 Å². The summed E-state index contributed by atoms with van der Waals surface area (Å²) >= 11 is 7.77. The van der Waals surface area contributed by atoms with Crippen LogP contribution >= 0.6 is 23.4 Å². The number of piperidine rings is 1. The number of pyridine rings is 1. The lowest BCUT2D eigenvalue weighted by molar-refractivity contribution is 0.102. The van der Waals surface area contributed by atoms with Crippen molar-refractivity contribution in [3.05, 3.63) is 63.5 Å². The van der Waals surface area contributed by atoms with E-state index in [9.17, 15) is 14.7 Å². The van der Waals surface area contributed by atoms with Crippen LogP contribution < -0.4 is 27.2 Å². The van der Waals surface area contributed by atoms with Gasteiger partial charge in [0.05, 0.1) is 10.7 Å². The summed E-state index contributed by atoms with van der Waals surface area (Å²) in [5.41, 5.74) is 12.1. The van der Waals surface area contributed by atoms with Gasteiger partial charge >= 0.3 is 0 Å². The average molecular weight is 594 g/mol. The SMILES string of the molecule is Nc1nc(N2CCC3(CCC[C@H]3N)CC2)nnc1Sc1cccc(NC(=O)c2c(O)nc3ccccn3c2=O)c1Cl. The second-order valence-corrected chi connectivity index (χ2v) is 11.8. The quantitative estimate of drug-likeness (QED) is 0.267. The Labute approximate surface area is 244 Å². The molecule has 12 nitrogen and oxygen atoms in total. The molecule has 4 heterocycles. The number of rotatable bonds is 5. The van der Waals surface area contributed by atoms with Gasteiger partial charge in [-0.3, -0.25) is 14.0 Å². The summed E-state index contributed by atoms with van der Waals surface area (Å²) in [5, 5.41) is 22.1. The predicted octanol–water partition coefficient (Wildman–Crippen LogP) is 3.32. The van der Waals surface area contributed by atoms with Crippen molar-refractivity contribution in [3.8, 4) is 5.88 Å². The Kier molecular flexibility index (Phi) is 7.18. The van der Waals surface area contributed by atoms with E-state index < -0.39 is 22.9 Å². The number of nitrogen functional groups attached to an aromatic ring is 1. The second-order valence-electron chi connectivity index (χ2n) is 10.4. The molecule has 1 aliphatic carbocycles. The zero-order valence-electron chi connectivity index (χ0n) is 22.0. The summed E-state index contributed by atoms with van der Waals surface area (Å²) in [7, 11) is 0. The summed E-state index contributed by atoms with van der Waals surface area (Å²) in [6.45, 7) is 1.61. The van der Waals surface area contributed by atoms with Crippen LogP contribution in [0.15, 0.2) is 57.3 Å². The van der Waals surface area contributed by atoms with E-state index in [0.29, 0.717) is 15.9 Å². The number of carbonyl (C=O) groups excluding carboxylic acids is 1. The van der Waals surface area contributed by atoms with Gasteiger partial charge in [-0.2, -0.15) is 9.97 Å². The number of nitrogens with one attached hydrogen (secondary N) is 1. The zero-order valence-corrected chi connectivity index (χ0v) is 23.5. The first kappa shape index (κ1) is 27.2. The largest absolute Gasteiger partial charge is 0.493 e. The fourth-order valence-electron chi connectivity index (χ4n) is 5.72. The van der Waals surface area contributed by atoms with Gasteiger partial charge in [0, 0.05) is 30.2 Å². The highest BCUT2D eigenvalue weighted by molar-refractivity contribution is 7.99. The highest BCUT2D eigenvalue weighted by Crippen LogP contribution is 2.46. The van der Waals surface area contributed by atoms with Crippen LogP contribution in [0.1, 0.15) is 42.5 Å². The minimum atomic E-state index is -0.852. The number of amides is 1. The molecule has 3 aromatic heterocycles. The van der Waals surface area contributed by atoms with Crippen LogP contribution in [0.25, 0.3) is 5.65 Å². The van der Waals surface area contributed by atoms with Crippen LogP contribution in [0.2, 0.25) is 5.02 Å². The monoisotopic (exact) mass is 593 g/mol. The van der Waals surface area contributed by atoms with Crippen molar-refractivity contribution in [2.24, 2.45) is 11.1 Å². The number of hydrogen-bond donors (Lipinski definition) is 4. The summed E-state index contributed by atoms with van der Waals surface area (Å²) in [5.74, 6) is -0.835. The normalized spacial score (nSPS) is 18.2. The molecule has 1 amide bonds. The molecule has 212 valence electrons. The molecule has 0 bridgehead atoms. The molecule has 1 saturated heterocycles. The van der Waals surface area contributed by atoms with Gasteiger partial charge in [0.15, 0.2) is 16.4 Å². The second kappa shape index (κ2) is 10.8. The van der Waals surface area contributed by atoms with Gasteiger partial charge in [-0.05, 0) is 55.4 Å². The highest BCUT2D eigenvalue weighted by atomic mass is 35.5. The van der Waals surface area contributed by atoms with Crippen LogP contribution in [0.5, 0.6) is 5.88 Å². The molecule has 2 fully saturated rings. The van der Waals surface area contributed by atoms with E-state index in [1.165, 1.54) is 23.4 Å². The maximum atomic E-state index is 13.0. The highest BCUT2D eigenvalue weighted by Gasteiger charge is 2.43. The van der Waals surface area contributed by atoms with Crippen molar-refractivity contribution in [1.29, 1.82) is 0 Å². The van der Waals surface area contributed by atoms with Gasteiger partial charge in [-0.15, -0.1) is 10.2 Å². The predicted molar refractivity (Wildman–Crippen MR) is 157 cm³/mol. The Hall–Kier alpha value is -3.94. The Bertz CT molecular complexity index is 1710. The van der Waals surface area contributed by atoms with Crippen molar-refractivity contribution in [2.45, 2.75) is 48.1 Å².